The Bertz CT molecular complexity index is 919. The topological polar surface area (TPSA) is 69.6 Å². The van der Waals surface area contributed by atoms with E-state index in [1.54, 1.807) is 6.08 Å². The van der Waals surface area contributed by atoms with E-state index in [-0.39, 0.29) is 12.5 Å². The number of aliphatic hydroxyl groups is 2. The molecule has 55 heavy (non-hydrogen) atoms. The standard InChI is InChI=1S/C51H93NO3/c1-3-5-7-9-11-13-15-17-19-21-23-24-25-26-27-28-29-31-33-35-37-39-41-43-45-47-51(55)52-49(48-53)50(54)46-44-42-40-38-36-34-32-30-22-20-18-16-14-12-10-8-6-4-2/h5,7,11,13,17,19,23-24,44,46,49-50,53-54H,3-4,6,8-10,12,14-16,18,20-22,25-43,45,47-48H2,1-2H3,(H,52,55)/b7-5-,13-11-,19-17-,24-23-,46-44+. The Morgan fingerprint density at radius 2 is 0.800 bits per heavy atom. The number of aliphatic hydroxyl groups excluding tert-OH is 2. The van der Waals surface area contributed by atoms with E-state index in [0.717, 1.165) is 51.4 Å². The first-order valence-electron chi connectivity index (χ1n) is 24.0. The van der Waals surface area contributed by atoms with Crippen molar-refractivity contribution in [1.29, 1.82) is 0 Å². The predicted molar refractivity (Wildman–Crippen MR) is 244 cm³/mol. The number of nitrogens with one attached hydrogen (secondary N) is 1. The molecule has 0 saturated carbocycles. The summed E-state index contributed by atoms with van der Waals surface area (Å²) in [4.78, 5) is 12.4. The van der Waals surface area contributed by atoms with E-state index in [4.69, 9.17) is 0 Å². The monoisotopic (exact) mass is 768 g/mol. The minimum Gasteiger partial charge on any atom is -0.394 e. The van der Waals surface area contributed by atoms with Crippen molar-refractivity contribution >= 4 is 5.91 Å². The van der Waals surface area contributed by atoms with E-state index in [1.807, 2.05) is 6.08 Å². The van der Waals surface area contributed by atoms with Crippen LogP contribution in [0.4, 0.5) is 0 Å². The van der Waals surface area contributed by atoms with Crippen molar-refractivity contribution in [2.75, 3.05) is 6.61 Å². The highest BCUT2D eigenvalue weighted by molar-refractivity contribution is 5.76. The van der Waals surface area contributed by atoms with Crippen molar-refractivity contribution in [3.05, 3.63) is 60.8 Å². The smallest absolute Gasteiger partial charge is 0.220 e. The maximum atomic E-state index is 12.4. The summed E-state index contributed by atoms with van der Waals surface area (Å²) in [7, 11) is 0. The number of amides is 1. The Morgan fingerprint density at radius 1 is 0.455 bits per heavy atom. The Balaban J connectivity index is 3.55. The van der Waals surface area contributed by atoms with Gasteiger partial charge in [-0.2, -0.15) is 0 Å². The van der Waals surface area contributed by atoms with Crippen LogP contribution >= 0.6 is 0 Å². The number of hydrogen-bond acceptors (Lipinski definition) is 3. The van der Waals surface area contributed by atoms with Crippen LogP contribution < -0.4 is 5.32 Å². The van der Waals surface area contributed by atoms with Gasteiger partial charge >= 0.3 is 0 Å². The highest BCUT2D eigenvalue weighted by Gasteiger charge is 2.17. The number of hydrogen-bond donors (Lipinski definition) is 3. The molecule has 0 aliphatic carbocycles. The molecule has 0 aliphatic rings. The minimum absolute atomic E-state index is 0.0669. The second-order valence-corrected chi connectivity index (χ2v) is 16.1. The van der Waals surface area contributed by atoms with E-state index in [1.165, 1.54) is 167 Å². The third-order valence-corrected chi connectivity index (χ3v) is 10.8. The lowest BCUT2D eigenvalue weighted by Gasteiger charge is -2.20. The summed E-state index contributed by atoms with van der Waals surface area (Å²) in [5.41, 5.74) is 0. The lowest BCUT2D eigenvalue weighted by Crippen LogP contribution is -2.45. The van der Waals surface area contributed by atoms with Gasteiger partial charge in [-0.3, -0.25) is 4.79 Å². The van der Waals surface area contributed by atoms with Crippen LogP contribution in [0.15, 0.2) is 60.8 Å². The lowest BCUT2D eigenvalue weighted by atomic mass is 10.0. The molecule has 0 aromatic heterocycles. The van der Waals surface area contributed by atoms with Gasteiger partial charge in [0, 0.05) is 6.42 Å². The Labute approximate surface area is 343 Å². The van der Waals surface area contributed by atoms with E-state index < -0.39 is 12.1 Å². The van der Waals surface area contributed by atoms with E-state index in [9.17, 15) is 15.0 Å². The molecule has 4 nitrogen and oxygen atoms in total. The van der Waals surface area contributed by atoms with Crippen molar-refractivity contribution in [3.63, 3.8) is 0 Å². The normalized spacial score (nSPS) is 13.5. The van der Waals surface area contributed by atoms with Crippen molar-refractivity contribution < 1.29 is 15.0 Å². The van der Waals surface area contributed by atoms with Gasteiger partial charge in [-0.15, -0.1) is 0 Å². The van der Waals surface area contributed by atoms with Gasteiger partial charge < -0.3 is 15.5 Å². The third kappa shape index (κ3) is 43.1. The number of unbranched alkanes of at least 4 members (excludes halogenated alkanes) is 28. The van der Waals surface area contributed by atoms with Gasteiger partial charge in [-0.05, 0) is 57.8 Å². The highest BCUT2D eigenvalue weighted by Crippen LogP contribution is 2.15. The number of rotatable bonds is 43. The zero-order valence-corrected chi connectivity index (χ0v) is 36.7. The van der Waals surface area contributed by atoms with Crippen LogP contribution in [0.3, 0.4) is 0 Å². The summed E-state index contributed by atoms with van der Waals surface area (Å²) in [6.07, 6.45) is 64.8. The molecular weight excluding hydrogens is 675 g/mol. The molecule has 0 spiro atoms. The first-order chi connectivity index (χ1) is 27.2. The summed E-state index contributed by atoms with van der Waals surface area (Å²) >= 11 is 0. The van der Waals surface area contributed by atoms with Crippen molar-refractivity contribution in [2.45, 2.75) is 251 Å². The van der Waals surface area contributed by atoms with Gasteiger partial charge in [0.25, 0.3) is 0 Å². The maximum absolute atomic E-state index is 12.4. The fourth-order valence-corrected chi connectivity index (χ4v) is 7.11. The second-order valence-electron chi connectivity index (χ2n) is 16.1. The quantitative estimate of drug-likeness (QED) is 0.0427. The largest absolute Gasteiger partial charge is 0.394 e. The SMILES string of the molecule is CC/C=C\C/C=C\C/C=C\C/C=C\CCCCCCCCCCCCCCC(=O)NC(CO)C(O)/C=C/CCCCCCCCCCCCCCCCCC. The molecule has 0 radical (unpaired) electrons. The molecule has 0 saturated heterocycles. The van der Waals surface area contributed by atoms with Crippen LogP contribution in [0.5, 0.6) is 0 Å². The summed E-state index contributed by atoms with van der Waals surface area (Å²) in [5.74, 6) is -0.0669. The van der Waals surface area contributed by atoms with Gasteiger partial charge in [0.2, 0.25) is 5.91 Å². The van der Waals surface area contributed by atoms with Gasteiger partial charge in [-0.1, -0.05) is 235 Å². The molecule has 2 atom stereocenters. The molecule has 4 heteroatoms. The molecule has 0 aliphatic heterocycles. The molecule has 1 amide bonds. The molecule has 0 bridgehead atoms. The number of carbonyl (C=O) groups is 1. The van der Waals surface area contributed by atoms with Crippen LogP contribution in [0.2, 0.25) is 0 Å². The fourth-order valence-electron chi connectivity index (χ4n) is 7.11. The first-order valence-corrected chi connectivity index (χ1v) is 24.0. The molecule has 0 rings (SSSR count). The average Bonchev–Trinajstić information content (AvgIpc) is 3.19. The van der Waals surface area contributed by atoms with Gasteiger partial charge in [0.05, 0.1) is 18.8 Å². The molecule has 0 aromatic carbocycles. The minimum atomic E-state index is -0.842. The molecular formula is C51H93NO3. The highest BCUT2D eigenvalue weighted by atomic mass is 16.3. The van der Waals surface area contributed by atoms with Crippen LogP contribution in [0, 0.1) is 0 Å². The predicted octanol–water partition coefficient (Wildman–Crippen LogP) is 15.3. The Morgan fingerprint density at radius 3 is 1.20 bits per heavy atom. The lowest BCUT2D eigenvalue weighted by molar-refractivity contribution is -0.123. The zero-order valence-electron chi connectivity index (χ0n) is 36.7. The number of carbonyl (C=O) groups excluding carboxylic acids is 1. The third-order valence-electron chi connectivity index (χ3n) is 10.8. The van der Waals surface area contributed by atoms with Crippen LogP contribution in [0.1, 0.15) is 239 Å². The Kier molecular flexibility index (Phi) is 44.9. The molecule has 0 aromatic rings. The maximum Gasteiger partial charge on any atom is 0.220 e. The van der Waals surface area contributed by atoms with E-state index in [0.29, 0.717) is 6.42 Å². The molecule has 0 heterocycles. The van der Waals surface area contributed by atoms with Gasteiger partial charge in [0.1, 0.15) is 0 Å². The molecule has 320 valence electrons. The molecule has 3 N–H and O–H groups in total. The van der Waals surface area contributed by atoms with E-state index in [2.05, 4.69) is 67.8 Å². The van der Waals surface area contributed by atoms with Crippen LogP contribution in [-0.2, 0) is 4.79 Å². The van der Waals surface area contributed by atoms with Crippen LogP contribution in [0.25, 0.3) is 0 Å². The number of allylic oxidation sites excluding steroid dienone is 9. The zero-order chi connectivity index (χ0) is 40.0. The summed E-state index contributed by atoms with van der Waals surface area (Å²) < 4.78 is 0. The Hall–Kier alpha value is -1.91. The average molecular weight is 768 g/mol. The molecule has 2 unspecified atom stereocenters. The van der Waals surface area contributed by atoms with Crippen LogP contribution in [-0.4, -0.2) is 34.9 Å². The summed E-state index contributed by atoms with van der Waals surface area (Å²) in [5, 5.41) is 23.1. The second kappa shape index (κ2) is 46.5. The van der Waals surface area contributed by atoms with Crippen molar-refractivity contribution in [2.24, 2.45) is 0 Å². The summed E-state index contributed by atoms with van der Waals surface area (Å²) in [6.45, 7) is 4.21. The van der Waals surface area contributed by atoms with Crippen molar-refractivity contribution in [1.82, 2.24) is 5.32 Å². The van der Waals surface area contributed by atoms with Crippen molar-refractivity contribution in [3.8, 4) is 0 Å². The summed E-state index contributed by atoms with van der Waals surface area (Å²) in [6, 6.07) is -0.625. The fraction of sp³-hybridized carbons (Fsp3) is 0.784. The first kappa shape index (κ1) is 53.1. The van der Waals surface area contributed by atoms with Gasteiger partial charge in [0.15, 0.2) is 0 Å². The van der Waals surface area contributed by atoms with E-state index >= 15 is 0 Å². The van der Waals surface area contributed by atoms with Gasteiger partial charge in [-0.25, -0.2) is 0 Å². The molecule has 0 fully saturated rings.